The lowest BCUT2D eigenvalue weighted by molar-refractivity contribution is 0.100. The molecule has 0 aliphatic carbocycles. The van der Waals surface area contributed by atoms with E-state index < -0.39 is 5.91 Å². The van der Waals surface area contributed by atoms with Gasteiger partial charge in [-0.2, -0.15) is 0 Å². The van der Waals surface area contributed by atoms with Gasteiger partial charge < -0.3 is 20.7 Å². The molecule has 0 atom stereocenters. The number of carbonyl (C=O) groups is 1. The van der Waals surface area contributed by atoms with Crippen molar-refractivity contribution < 1.29 is 9.90 Å². The number of benzene rings is 2. The summed E-state index contributed by atoms with van der Waals surface area (Å²) in [5, 5.41) is 10.6. The molecule has 2 heterocycles. The molecule has 4 rings (SSSR count). The van der Waals surface area contributed by atoms with Gasteiger partial charge in [-0.1, -0.05) is 18.2 Å². The molecule has 0 bridgehead atoms. The summed E-state index contributed by atoms with van der Waals surface area (Å²) in [5.74, 6) is 0.565. The molecule has 5 heteroatoms. The maximum absolute atomic E-state index is 11.3. The molecule has 152 valence electrons. The maximum Gasteiger partial charge on any atom is 0.248 e. The third-order valence-corrected chi connectivity index (χ3v) is 6.17. The minimum Gasteiger partial charge on any atom is -0.508 e. The molecular weight excluding hydrogens is 362 g/mol. The third-order valence-electron chi connectivity index (χ3n) is 6.17. The Morgan fingerprint density at radius 1 is 1.10 bits per heavy atom. The number of unbranched alkanes of at least 4 members (excludes halogenated alkanes) is 1. The van der Waals surface area contributed by atoms with Crippen LogP contribution in [0.25, 0.3) is 10.9 Å². The highest BCUT2D eigenvalue weighted by Gasteiger charge is 2.20. The molecule has 1 aliphatic rings. The molecule has 0 unspecified atom stereocenters. The zero-order valence-electron chi connectivity index (χ0n) is 16.7. The number of carbonyl (C=O) groups excluding carboxylic acids is 1. The molecule has 0 spiro atoms. The van der Waals surface area contributed by atoms with Crippen molar-refractivity contribution in [1.82, 2.24) is 9.88 Å². The summed E-state index contributed by atoms with van der Waals surface area (Å²) in [4.78, 5) is 17.2. The van der Waals surface area contributed by atoms with E-state index in [1.54, 1.807) is 18.2 Å². The molecule has 0 radical (unpaired) electrons. The zero-order chi connectivity index (χ0) is 20.2. The maximum atomic E-state index is 11.3. The number of hydrogen-bond donors (Lipinski definition) is 3. The Kier molecular flexibility index (Phi) is 5.86. The smallest absolute Gasteiger partial charge is 0.248 e. The minimum atomic E-state index is -0.391. The van der Waals surface area contributed by atoms with Gasteiger partial charge in [0, 0.05) is 22.7 Å². The predicted molar refractivity (Wildman–Crippen MR) is 116 cm³/mol. The standard InChI is InChI=1S/C24H29N3O2/c25-24(29)19-6-9-22-20(16-26-23(22)15-19)3-1-2-12-27-13-10-18(11-14-27)17-4-7-21(28)8-5-17/h4-9,15-16,18,26,28H,1-3,10-14H2,(H2,25,29). The van der Waals surface area contributed by atoms with Gasteiger partial charge in [0.25, 0.3) is 0 Å². The third kappa shape index (κ3) is 4.62. The second kappa shape index (κ2) is 8.70. The van der Waals surface area contributed by atoms with E-state index in [9.17, 15) is 9.90 Å². The van der Waals surface area contributed by atoms with Crippen LogP contribution in [0.1, 0.15) is 53.1 Å². The van der Waals surface area contributed by atoms with Crippen molar-refractivity contribution in [1.29, 1.82) is 0 Å². The largest absolute Gasteiger partial charge is 0.508 e. The van der Waals surface area contributed by atoms with Crippen LogP contribution in [-0.2, 0) is 6.42 Å². The molecule has 2 aromatic carbocycles. The summed E-state index contributed by atoms with van der Waals surface area (Å²) in [6, 6.07) is 13.3. The van der Waals surface area contributed by atoms with Gasteiger partial charge in [-0.15, -0.1) is 0 Å². The van der Waals surface area contributed by atoms with Gasteiger partial charge in [-0.25, -0.2) is 0 Å². The molecule has 4 N–H and O–H groups in total. The Labute approximate surface area is 171 Å². The lowest BCUT2D eigenvalue weighted by Crippen LogP contribution is -2.33. The van der Waals surface area contributed by atoms with Crippen molar-refractivity contribution >= 4 is 16.8 Å². The molecule has 1 aromatic heterocycles. The fourth-order valence-electron chi connectivity index (χ4n) is 4.43. The Bertz CT molecular complexity index is 969. The van der Waals surface area contributed by atoms with Crippen LogP contribution in [0.2, 0.25) is 0 Å². The lowest BCUT2D eigenvalue weighted by Gasteiger charge is -2.32. The summed E-state index contributed by atoms with van der Waals surface area (Å²) in [5.41, 5.74) is 9.54. The second-order valence-corrected chi connectivity index (χ2v) is 8.10. The Morgan fingerprint density at radius 2 is 1.86 bits per heavy atom. The summed E-state index contributed by atoms with van der Waals surface area (Å²) in [6.45, 7) is 3.44. The van der Waals surface area contributed by atoms with Gasteiger partial charge in [0.05, 0.1) is 0 Å². The highest BCUT2D eigenvalue weighted by Crippen LogP contribution is 2.29. The monoisotopic (exact) mass is 391 g/mol. The number of nitrogens with one attached hydrogen (secondary N) is 1. The van der Waals surface area contributed by atoms with Gasteiger partial charge in [0.1, 0.15) is 5.75 Å². The molecule has 0 saturated carbocycles. The number of aromatic nitrogens is 1. The number of phenols is 1. The highest BCUT2D eigenvalue weighted by molar-refractivity contribution is 5.97. The zero-order valence-corrected chi connectivity index (χ0v) is 16.7. The summed E-state index contributed by atoms with van der Waals surface area (Å²) in [6.07, 6.45) is 7.82. The molecule has 1 fully saturated rings. The number of fused-ring (bicyclic) bond motifs is 1. The van der Waals surface area contributed by atoms with Crippen LogP contribution in [0.4, 0.5) is 0 Å². The minimum absolute atomic E-state index is 0.342. The normalized spacial score (nSPS) is 15.7. The lowest BCUT2D eigenvalue weighted by atomic mass is 9.89. The summed E-state index contributed by atoms with van der Waals surface area (Å²) in [7, 11) is 0. The second-order valence-electron chi connectivity index (χ2n) is 8.10. The van der Waals surface area contributed by atoms with E-state index in [0.29, 0.717) is 17.2 Å². The number of nitrogens with two attached hydrogens (primary N) is 1. The van der Waals surface area contributed by atoms with Crippen molar-refractivity contribution in [2.24, 2.45) is 5.73 Å². The van der Waals surface area contributed by atoms with Gasteiger partial charge in [0.15, 0.2) is 0 Å². The Morgan fingerprint density at radius 3 is 2.59 bits per heavy atom. The van der Waals surface area contributed by atoms with Crippen molar-refractivity contribution in [2.75, 3.05) is 19.6 Å². The number of aromatic amines is 1. The van der Waals surface area contributed by atoms with Gasteiger partial charge in [0.2, 0.25) is 5.91 Å². The molecule has 1 saturated heterocycles. The van der Waals surface area contributed by atoms with Crippen molar-refractivity contribution in [2.45, 2.75) is 38.0 Å². The average Bonchev–Trinajstić information content (AvgIpc) is 3.14. The fourth-order valence-corrected chi connectivity index (χ4v) is 4.43. The number of amides is 1. The first-order valence-corrected chi connectivity index (χ1v) is 10.5. The van der Waals surface area contributed by atoms with Crippen LogP contribution >= 0.6 is 0 Å². The predicted octanol–water partition coefficient (Wildman–Crippen LogP) is 4.17. The van der Waals surface area contributed by atoms with E-state index in [1.807, 2.05) is 12.1 Å². The number of aryl methyl sites for hydroxylation is 1. The number of likely N-dealkylation sites (tertiary alicyclic amines) is 1. The molecule has 1 aliphatic heterocycles. The number of H-pyrrole nitrogens is 1. The summed E-state index contributed by atoms with van der Waals surface area (Å²) >= 11 is 0. The highest BCUT2D eigenvalue weighted by atomic mass is 16.3. The van der Waals surface area contributed by atoms with E-state index >= 15 is 0 Å². The molecule has 1 amide bonds. The number of hydrogen-bond acceptors (Lipinski definition) is 3. The van der Waals surface area contributed by atoms with Crippen molar-refractivity contribution in [3.8, 4) is 5.75 Å². The molecule has 5 nitrogen and oxygen atoms in total. The van der Waals surface area contributed by atoms with Crippen LogP contribution in [-0.4, -0.2) is 40.5 Å². The van der Waals surface area contributed by atoms with Crippen molar-refractivity contribution in [3.63, 3.8) is 0 Å². The van der Waals surface area contributed by atoms with Gasteiger partial charge >= 0.3 is 0 Å². The van der Waals surface area contributed by atoms with E-state index in [2.05, 4.69) is 28.2 Å². The Hall–Kier alpha value is -2.79. The number of nitrogens with zero attached hydrogens (tertiary/aromatic N) is 1. The first kappa shape index (κ1) is 19.5. The van der Waals surface area contributed by atoms with Crippen molar-refractivity contribution in [3.05, 3.63) is 65.4 Å². The molecule has 29 heavy (non-hydrogen) atoms. The quantitative estimate of drug-likeness (QED) is 0.529. The number of primary amides is 1. The molecule has 3 aromatic rings. The van der Waals surface area contributed by atoms with Crippen LogP contribution in [0.3, 0.4) is 0 Å². The fraction of sp³-hybridized carbons (Fsp3) is 0.375. The van der Waals surface area contributed by atoms with Crippen LogP contribution in [0.5, 0.6) is 5.75 Å². The van der Waals surface area contributed by atoms with Crippen LogP contribution < -0.4 is 5.73 Å². The topological polar surface area (TPSA) is 82.3 Å². The SMILES string of the molecule is NC(=O)c1ccc2c(CCCCN3CCC(c4ccc(O)cc4)CC3)c[nH]c2c1. The van der Waals surface area contributed by atoms with E-state index in [4.69, 9.17) is 5.73 Å². The number of rotatable bonds is 7. The van der Waals surface area contributed by atoms with E-state index in [0.717, 1.165) is 38.0 Å². The van der Waals surface area contributed by atoms with Gasteiger partial charge in [-0.05, 0) is 93.0 Å². The van der Waals surface area contributed by atoms with Crippen LogP contribution in [0.15, 0.2) is 48.7 Å². The first-order valence-electron chi connectivity index (χ1n) is 10.5. The number of phenolic OH excluding ortho intramolecular Hbond substituents is 1. The number of aromatic hydroxyl groups is 1. The average molecular weight is 392 g/mol. The van der Waals surface area contributed by atoms with Gasteiger partial charge in [-0.3, -0.25) is 4.79 Å². The van der Waals surface area contributed by atoms with Crippen LogP contribution in [0, 0.1) is 0 Å². The first-order chi connectivity index (χ1) is 14.1. The molecular formula is C24H29N3O2. The Balaban J connectivity index is 1.22. The number of piperidine rings is 1. The van der Waals surface area contributed by atoms with E-state index in [1.165, 1.54) is 35.8 Å². The van der Waals surface area contributed by atoms with E-state index in [-0.39, 0.29) is 0 Å². The summed E-state index contributed by atoms with van der Waals surface area (Å²) < 4.78 is 0.